The van der Waals surface area contributed by atoms with E-state index >= 15 is 0 Å². The third kappa shape index (κ3) is 3.27. The van der Waals surface area contributed by atoms with Crippen molar-refractivity contribution in [3.8, 4) is 23.0 Å². The fourth-order valence-corrected chi connectivity index (χ4v) is 3.82. The van der Waals surface area contributed by atoms with Crippen LogP contribution in [0.15, 0.2) is 73.1 Å². The van der Waals surface area contributed by atoms with Gasteiger partial charge >= 0.3 is 0 Å². The largest absolute Gasteiger partial charge is 0.298 e. The highest BCUT2D eigenvalue weighted by molar-refractivity contribution is 6.00. The number of fused-ring (bicyclic) bond motifs is 1. The Morgan fingerprint density at radius 2 is 2.00 bits per heavy atom. The van der Waals surface area contributed by atoms with E-state index in [-0.39, 0.29) is 0 Å². The van der Waals surface area contributed by atoms with Gasteiger partial charge in [-0.1, -0.05) is 43.8 Å². The Bertz CT molecular complexity index is 1290. The molecule has 4 aromatic rings. The van der Waals surface area contributed by atoms with Gasteiger partial charge in [0.15, 0.2) is 0 Å². The molecule has 4 rings (SSSR count). The summed E-state index contributed by atoms with van der Waals surface area (Å²) in [6.45, 7) is 7.89. The second-order valence-electron chi connectivity index (χ2n) is 7.02. The molecule has 0 unspecified atom stereocenters. The molecule has 0 atom stereocenters. The Labute approximate surface area is 170 Å². The van der Waals surface area contributed by atoms with Gasteiger partial charge in [-0.3, -0.25) is 4.57 Å². The number of nitrogens with zero attached hydrogens (tertiary/aromatic N) is 3. The fraction of sp³-hybridized carbons (Fsp3) is 0.115. The molecule has 2 aromatic heterocycles. The summed E-state index contributed by atoms with van der Waals surface area (Å²) in [5.74, 6) is 0.889. The lowest BCUT2D eigenvalue weighted by Crippen LogP contribution is -2.02. The first-order chi connectivity index (χ1) is 14.2. The summed E-state index contributed by atoms with van der Waals surface area (Å²) >= 11 is 0. The molecule has 0 radical (unpaired) electrons. The van der Waals surface area contributed by atoms with Crippen LogP contribution in [0.2, 0.25) is 0 Å². The van der Waals surface area contributed by atoms with Crippen molar-refractivity contribution in [2.24, 2.45) is 0 Å². The highest BCUT2D eigenvalue weighted by atomic mass is 15.1. The van der Waals surface area contributed by atoms with Crippen molar-refractivity contribution in [1.82, 2.24) is 9.55 Å². The zero-order valence-corrected chi connectivity index (χ0v) is 16.6. The van der Waals surface area contributed by atoms with Crippen molar-refractivity contribution in [2.45, 2.75) is 20.3 Å². The molecule has 0 aliphatic heterocycles. The van der Waals surface area contributed by atoms with Crippen LogP contribution in [0.3, 0.4) is 0 Å². The number of aromatic nitrogens is 2. The van der Waals surface area contributed by atoms with Crippen molar-refractivity contribution >= 4 is 17.0 Å². The predicted octanol–water partition coefficient (Wildman–Crippen LogP) is 6.23. The van der Waals surface area contributed by atoms with Gasteiger partial charge in [0.1, 0.15) is 5.82 Å². The second-order valence-corrected chi connectivity index (χ2v) is 7.02. The maximum atomic E-state index is 9.37. The number of benzene rings is 2. The second kappa shape index (κ2) is 7.64. The summed E-state index contributed by atoms with van der Waals surface area (Å²) in [5.41, 5.74) is 10.1. The number of nitriles is 1. The Morgan fingerprint density at radius 1 is 1.14 bits per heavy atom. The number of rotatable bonds is 4. The molecule has 0 spiro atoms. The summed E-state index contributed by atoms with van der Waals surface area (Å²) in [6.07, 6.45) is 4.61. The Kier molecular flexibility index (Phi) is 4.87. The Morgan fingerprint density at radius 3 is 2.69 bits per heavy atom. The molecule has 0 saturated heterocycles. The zero-order valence-electron chi connectivity index (χ0n) is 16.6. The Balaban J connectivity index is 2.12. The monoisotopic (exact) mass is 375 g/mol. The summed E-state index contributed by atoms with van der Waals surface area (Å²) < 4.78 is 2.23. The molecule has 0 aliphatic rings. The van der Waals surface area contributed by atoms with Crippen molar-refractivity contribution in [1.29, 1.82) is 5.26 Å². The van der Waals surface area contributed by atoms with Gasteiger partial charge < -0.3 is 0 Å². The molecule has 0 fully saturated rings. The quantitative estimate of drug-likeness (QED) is 0.397. The minimum atomic E-state index is 0.658. The molecule has 0 aliphatic carbocycles. The minimum Gasteiger partial charge on any atom is -0.298 e. The van der Waals surface area contributed by atoms with E-state index < -0.39 is 0 Å². The minimum absolute atomic E-state index is 0.658. The first kappa shape index (κ1) is 18.5. The number of aryl methyl sites for hydroxylation is 1. The molecule has 0 bridgehead atoms. The van der Waals surface area contributed by atoms with E-state index in [4.69, 9.17) is 4.98 Å². The molecule has 3 heteroatoms. The molecular formula is C26H21N3. The van der Waals surface area contributed by atoms with Gasteiger partial charge in [0.25, 0.3) is 0 Å². The summed E-state index contributed by atoms with van der Waals surface area (Å²) in [7, 11) is 0. The summed E-state index contributed by atoms with van der Waals surface area (Å²) in [5, 5.41) is 10.5. The van der Waals surface area contributed by atoms with Crippen molar-refractivity contribution in [3.05, 3.63) is 95.5 Å². The van der Waals surface area contributed by atoms with Crippen LogP contribution in [0.1, 0.15) is 29.3 Å². The molecule has 3 nitrogen and oxygen atoms in total. The van der Waals surface area contributed by atoms with Crippen LogP contribution in [0, 0.1) is 18.3 Å². The van der Waals surface area contributed by atoms with Crippen molar-refractivity contribution < 1.29 is 0 Å². The van der Waals surface area contributed by atoms with E-state index in [9.17, 15) is 5.26 Å². The highest BCUT2D eigenvalue weighted by Gasteiger charge is 2.19. The van der Waals surface area contributed by atoms with Gasteiger partial charge in [-0.05, 0) is 60.4 Å². The van der Waals surface area contributed by atoms with Crippen LogP contribution in [0.4, 0.5) is 0 Å². The molecular weight excluding hydrogens is 354 g/mol. The van der Waals surface area contributed by atoms with Crippen LogP contribution < -0.4 is 0 Å². The number of hydrogen-bond donors (Lipinski definition) is 0. The van der Waals surface area contributed by atoms with Crippen molar-refractivity contribution in [2.75, 3.05) is 0 Å². The predicted molar refractivity (Wildman–Crippen MR) is 119 cm³/mol. The van der Waals surface area contributed by atoms with Gasteiger partial charge in [-0.25, -0.2) is 4.98 Å². The molecule has 0 saturated carbocycles. The van der Waals surface area contributed by atoms with Gasteiger partial charge in [-0.15, -0.1) is 5.73 Å². The maximum absolute atomic E-state index is 9.37. The van der Waals surface area contributed by atoms with Gasteiger partial charge in [0.2, 0.25) is 0 Å². The Hall–Kier alpha value is -3.86. The van der Waals surface area contributed by atoms with Crippen LogP contribution in [0.5, 0.6) is 0 Å². The first-order valence-corrected chi connectivity index (χ1v) is 9.63. The van der Waals surface area contributed by atoms with Crippen LogP contribution in [-0.2, 0) is 6.42 Å². The van der Waals surface area contributed by atoms with E-state index in [1.807, 2.05) is 37.4 Å². The molecule has 0 amide bonds. The zero-order chi connectivity index (χ0) is 20.4. The van der Waals surface area contributed by atoms with Crippen LogP contribution >= 0.6 is 0 Å². The third-order valence-corrected chi connectivity index (χ3v) is 5.10. The van der Waals surface area contributed by atoms with Crippen LogP contribution in [0.25, 0.3) is 33.9 Å². The van der Waals surface area contributed by atoms with Gasteiger partial charge in [0.05, 0.1) is 17.1 Å². The molecule has 2 heterocycles. The van der Waals surface area contributed by atoms with E-state index in [1.165, 1.54) is 5.69 Å². The first-order valence-electron chi connectivity index (χ1n) is 9.63. The fourth-order valence-electron chi connectivity index (χ4n) is 3.82. The van der Waals surface area contributed by atoms with Crippen LogP contribution in [-0.4, -0.2) is 9.55 Å². The summed E-state index contributed by atoms with van der Waals surface area (Å²) in [6, 6.07) is 20.5. The van der Waals surface area contributed by atoms with E-state index in [1.54, 1.807) is 0 Å². The van der Waals surface area contributed by atoms with E-state index in [0.717, 1.165) is 45.4 Å². The van der Waals surface area contributed by atoms with Crippen molar-refractivity contribution in [3.63, 3.8) is 0 Å². The lowest BCUT2D eigenvalue weighted by Gasteiger charge is -2.11. The average molecular weight is 375 g/mol. The number of pyridine rings is 1. The SMILES string of the molecule is C=C=Cc1ccc2c(-c3cccc(C#N)c3)c(CC)n(-c3ccc(C)cn3)c2c1. The topological polar surface area (TPSA) is 41.6 Å². The van der Waals surface area contributed by atoms with E-state index in [0.29, 0.717) is 5.56 Å². The molecule has 140 valence electrons. The maximum Gasteiger partial charge on any atom is 0.137 e. The smallest absolute Gasteiger partial charge is 0.137 e. The van der Waals surface area contributed by atoms with Gasteiger partial charge in [0, 0.05) is 22.8 Å². The number of hydrogen-bond acceptors (Lipinski definition) is 2. The standard InChI is InChI=1S/C26H21N3/c1-4-7-19-11-12-22-24(15-19)29(25-13-10-18(3)17-28-25)23(5-2)26(22)21-9-6-8-20(14-21)16-27/h6-15,17H,1,5H2,2-3H3. The summed E-state index contributed by atoms with van der Waals surface area (Å²) in [4.78, 5) is 4.70. The lowest BCUT2D eigenvalue weighted by molar-refractivity contribution is 0.928. The normalized spacial score (nSPS) is 10.5. The average Bonchev–Trinajstić information content (AvgIpc) is 3.08. The lowest BCUT2D eigenvalue weighted by atomic mass is 9.98. The molecule has 29 heavy (non-hydrogen) atoms. The molecule has 2 aromatic carbocycles. The molecule has 0 N–H and O–H groups in total. The highest BCUT2D eigenvalue weighted by Crippen LogP contribution is 2.38. The van der Waals surface area contributed by atoms with Gasteiger partial charge in [-0.2, -0.15) is 5.26 Å². The van der Waals surface area contributed by atoms with E-state index in [2.05, 4.69) is 66.3 Å². The third-order valence-electron chi connectivity index (χ3n) is 5.10.